The van der Waals surface area contributed by atoms with Gasteiger partial charge in [0.1, 0.15) is 12.4 Å². The van der Waals surface area contributed by atoms with Gasteiger partial charge in [0.2, 0.25) is 15.9 Å². The highest BCUT2D eigenvalue weighted by Gasteiger charge is 2.20. The van der Waals surface area contributed by atoms with Gasteiger partial charge >= 0.3 is 0 Å². The zero-order valence-corrected chi connectivity index (χ0v) is 19.0. The van der Waals surface area contributed by atoms with Gasteiger partial charge in [0.25, 0.3) is 0 Å². The summed E-state index contributed by atoms with van der Waals surface area (Å²) in [6.07, 6.45) is 0.704. The number of benzene rings is 2. The third-order valence-electron chi connectivity index (χ3n) is 4.71. The highest BCUT2D eigenvalue weighted by atomic mass is 32.2. The minimum Gasteiger partial charge on any atom is -0.491 e. The summed E-state index contributed by atoms with van der Waals surface area (Å²) in [4.78, 5) is 12.3. The van der Waals surface area contributed by atoms with E-state index in [1.807, 2.05) is 24.3 Å². The van der Waals surface area contributed by atoms with E-state index in [9.17, 15) is 13.2 Å². The van der Waals surface area contributed by atoms with Crippen LogP contribution in [-0.2, 0) is 20.2 Å². The van der Waals surface area contributed by atoms with E-state index >= 15 is 0 Å². The summed E-state index contributed by atoms with van der Waals surface area (Å²) >= 11 is 0. The predicted molar refractivity (Wildman–Crippen MR) is 119 cm³/mol. The van der Waals surface area contributed by atoms with Crippen LogP contribution in [0.3, 0.4) is 0 Å². The van der Waals surface area contributed by atoms with Crippen molar-refractivity contribution in [3.05, 3.63) is 60.2 Å². The van der Waals surface area contributed by atoms with Gasteiger partial charge in [0.05, 0.1) is 11.4 Å². The molecule has 7 heteroatoms. The van der Waals surface area contributed by atoms with Gasteiger partial charge in [-0.05, 0) is 35.6 Å². The zero-order valence-electron chi connectivity index (χ0n) is 18.2. The minimum absolute atomic E-state index is 0.0219. The molecule has 0 aromatic heterocycles. The molecule has 0 unspecified atom stereocenters. The largest absolute Gasteiger partial charge is 0.491 e. The molecule has 164 valence electrons. The molecule has 1 N–H and O–H groups in total. The van der Waals surface area contributed by atoms with Crippen LogP contribution >= 0.6 is 0 Å². The van der Waals surface area contributed by atoms with Crippen molar-refractivity contribution in [2.24, 2.45) is 0 Å². The number of nitrogens with zero attached hydrogens (tertiary/aromatic N) is 1. The van der Waals surface area contributed by atoms with Crippen molar-refractivity contribution in [1.82, 2.24) is 9.62 Å². The number of rotatable bonds is 10. The molecule has 1 amide bonds. The van der Waals surface area contributed by atoms with E-state index in [1.165, 1.54) is 11.4 Å². The zero-order chi connectivity index (χ0) is 22.2. The molecule has 0 radical (unpaired) electrons. The summed E-state index contributed by atoms with van der Waals surface area (Å²) in [6, 6.07) is 16.2. The summed E-state index contributed by atoms with van der Waals surface area (Å²) < 4.78 is 32.0. The molecule has 2 rings (SSSR count). The lowest BCUT2D eigenvalue weighted by molar-refractivity contribution is -0.121. The Labute approximate surface area is 180 Å². The van der Waals surface area contributed by atoms with Crippen LogP contribution in [0.4, 0.5) is 0 Å². The molecule has 0 saturated carbocycles. The first-order valence-corrected chi connectivity index (χ1v) is 11.6. The Kier molecular flexibility index (Phi) is 8.43. The number of amides is 1. The Morgan fingerprint density at radius 2 is 1.67 bits per heavy atom. The molecule has 0 aliphatic carbocycles. The van der Waals surface area contributed by atoms with Gasteiger partial charge in [-0.1, -0.05) is 57.2 Å². The van der Waals surface area contributed by atoms with Gasteiger partial charge in [-0.15, -0.1) is 0 Å². The van der Waals surface area contributed by atoms with E-state index in [2.05, 4.69) is 26.1 Å². The first-order valence-electron chi connectivity index (χ1n) is 10.1. The third kappa shape index (κ3) is 6.85. The van der Waals surface area contributed by atoms with E-state index in [4.69, 9.17) is 4.74 Å². The number of carbonyl (C=O) groups is 1. The number of hydrogen-bond acceptors (Lipinski definition) is 4. The maximum atomic E-state index is 12.5. The molecule has 0 saturated heterocycles. The van der Waals surface area contributed by atoms with Gasteiger partial charge in [-0.2, -0.15) is 0 Å². The molecule has 0 heterocycles. The second kappa shape index (κ2) is 10.6. The van der Waals surface area contributed by atoms with E-state index in [0.29, 0.717) is 19.6 Å². The first-order chi connectivity index (χ1) is 14.1. The van der Waals surface area contributed by atoms with Crippen LogP contribution in [0.5, 0.6) is 5.75 Å². The number of hydrogen-bond donors (Lipinski definition) is 1. The molecule has 0 atom stereocenters. The van der Waals surface area contributed by atoms with E-state index in [0.717, 1.165) is 11.3 Å². The number of sulfonamides is 1. The van der Waals surface area contributed by atoms with Crippen LogP contribution in [0.25, 0.3) is 0 Å². The fraction of sp³-hybridized carbons (Fsp3) is 0.435. The maximum Gasteiger partial charge on any atom is 0.242 e. The van der Waals surface area contributed by atoms with Crippen LogP contribution in [0, 0.1) is 0 Å². The van der Waals surface area contributed by atoms with Gasteiger partial charge < -0.3 is 10.1 Å². The topological polar surface area (TPSA) is 75.7 Å². The Bertz CT molecular complexity index is 922. The molecule has 0 spiro atoms. The van der Waals surface area contributed by atoms with E-state index < -0.39 is 10.0 Å². The molecule has 2 aromatic carbocycles. The molecule has 0 aliphatic heterocycles. The molecule has 0 fully saturated rings. The quantitative estimate of drug-likeness (QED) is 0.582. The monoisotopic (exact) mass is 432 g/mol. The van der Waals surface area contributed by atoms with E-state index in [-0.39, 0.29) is 29.2 Å². The van der Waals surface area contributed by atoms with Crippen LogP contribution in [-0.4, -0.2) is 45.4 Å². The van der Waals surface area contributed by atoms with Crippen molar-refractivity contribution in [3.63, 3.8) is 0 Å². The fourth-order valence-electron chi connectivity index (χ4n) is 3.01. The predicted octanol–water partition coefficient (Wildman–Crippen LogP) is 3.58. The van der Waals surface area contributed by atoms with E-state index in [1.54, 1.807) is 30.3 Å². The van der Waals surface area contributed by atoms with Crippen LogP contribution in [0.2, 0.25) is 0 Å². The molecule has 0 aliphatic rings. The van der Waals surface area contributed by atoms with Crippen molar-refractivity contribution in [3.8, 4) is 5.75 Å². The summed E-state index contributed by atoms with van der Waals surface area (Å²) in [5, 5.41) is 2.82. The second-order valence-electron chi connectivity index (χ2n) is 8.19. The van der Waals surface area contributed by atoms with Crippen LogP contribution in [0.15, 0.2) is 59.5 Å². The maximum absolute atomic E-state index is 12.5. The summed E-state index contributed by atoms with van der Waals surface area (Å²) in [5.74, 6) is 0.709. The average Bonchev–Trinajstić information content (AvgIpc) is 2.71. The number of para-hydroxylation sites is 1. The normalized spacial score (nSPS) is 12.0. The van der Waals surface area contributed by atoms with Crippen molar-refractivity contribution in [2.75, 3.05) is 26.7 Å². The van der Waals surface area contributed by atoms with Crippen molar-refractivity contribution in [1.29, 1.82) is 0 Å². The van der Waals surface area contributed by atoms with Crippen molar-refractivity contribution >= 4 is 15.9 Å². The minimum atomic E-state index is -3.52. The van der Waals surface area contributed by atoms with Gasteiger partial charge in [-0.25, -0.2) is 12.7 Å². The van der Waals surface area contributed by atoms with Crippen LogP contribution < -0.4 is 10.1 Å². The number of nitrogens with one attached hydrogen (secondary N) is 1. The Morgan fingerprint density at radius 3 is 2.33 bits per heavy atom. The highest BCUT2D eigenvalue weighted by Crippen LogP contribution is 2.30. The molecule has 6 nitrogen and oxygen atoms in total. The lowest BCUT2D eigenvalue weighted by atomic mass is 9.86. The smallest absolute Gasteiger partial charge is 0.242 e. The standard InChI is InChI=1S/C23H32N2O4S/c1-23(2,3)20-13-8-9-14-21(20)29-18-16-24-22(26)15-10-17-25(4)30(27,28)19-11-6-5-7-12-19/h5-9,11-14H,10,15-18H2,1-4H3,(H,24,26). The number of carbonyl (C=O) groups excluding carboxylic acids is 1. The lowest BCUT2D eigenvalue weighted by Gasteiger charge is -2.22. The SMILES string of the molecule is CN(CCCC(=O)NCCOc1ccccc1C(C)(C)C)S(=O)(=O)c1ccccc1. The molecule has 30 heavy (non-hydrogen) atoms. The molecular weight excluding hydrogens is 400 g/mol. The fourth-order valence-corrected chi connectivity index (χ4v) is 4.24. The van der Waals surface area contributed by atoms with Gasteiger partial charge in [0.15, 0.2) is 0 Å². The third-order valence-corrected chi connectivity index (χ3v) is 6.58. The Hall–Kier alpha value is -2.38. The first kappa shape index (κ1) is 23.9. The van der Waals surface area contributed by atoms with Crippen LogP contribution in [0.1, 0.15) is 39.2 Å². The van der Waals surface area contributed by atoms with Gasteiger partial charge in [-0.3, -0.25) is 4.79 Å². The Morgan fingerprint density at radius 1 is 1.03 bits per heavy atom. The van der Waals surface area contributed by atoms with Crippen molar-refractivity contribution in [2.45, 2.75) is 43.9 Å². The molecule has 0 bridgehead atoms. The summed E-state index contributed by atoms with van der Waals surface area (Å²) in [7, 11) is -1.99. The summed E-state index contributed by atoms with van der Waals surface area (Å²) in [5.41, 5.74) is 1.10. The van der Waals surface area contributed by atoms with Gasteiger partial charge in [0, 0.05) is 20.0 Å². The second-order valence-corrected chi connectivity index (χ2v) is 10.2. The average molecular weight is 433 g/mol. The summed E-state index contributed by atoms with van der Waals surface area (Å²) in [6.45, 7) is 7.45. The Balaban J connectivity index is 1.71. The van der Waals surface area contributed by atoms with Crippen molar-refractivity contribution < 1.29 is 17.9 Å². The highest BCUT2D eigenvalue weighted by molar-refractivity contribution is 7.89. The molecular formula is C23H32N2O4S. The number of ether oxygens (including phenoxy) is 1. The lowest BCUT2D eigenvalue weighted by Crippen LogP contribution is -2.31. The molecule has 2 aromatic rings.